The van der Waals surface area contributed by atoms with Crippen molar-refractivity contribution in [2.24, 2.45) is 0 Å². The molecular weight excluding hydrogens is 717 g/mol. The van der Waals surface area contributed by atoms with E-state index in [-0.39, 0.29) is 70.1 Å². The number of rotatable bonds is 17. The average molecular weight is 759 g/mol. The van der Waals surface area contributed by atoms with Gasteiger partial charge in [-0.1, -0.05) is 49.4 Å². The molecule has 43 heavy (non-hydrogen) atoms. The first-order chi connectivity index (χ1) is 19.6. The van der Waals surface area contributed by atoms with Crippen LogP contribution < -0.4 is 10.2 Å². The Balaban J connectivity index is 0.00000462. The minimum absolute atomic E-state index is 0. The van der Waals surface area contributed by atoms with Crippen molar-refractivity contribution in [3.63, 3.8) is 0 Å². The molecule has 1 amide bonds. The van der Waals surface area contributed by atoms with Crippen LogP contribution >= 0.6 is 45.3 Å². The predicted molar refractivity (Wildman–Crippen MR) is 176 cm³/mol. The van der Waals surface area contributed by atoms with Gasteiger partial charge in [0.15, 0.2) is 0 Å². The molecule has 0 aliphatic heterocycles. The van der Waals surface area contributed by atoms with Gasteiger partial charge in [-0.05, 0) is 55.7 Å². The molecule has 0 spiro atoms. The van der Waals surface area contributed by atoms with E-state index in [0.717, 1.165) is 53.4 Å². The van der Waals surface area contributed by atoms with Gasteiger partial charge in [-0.25, -0.2) is 0 Å². The number of benzene rings is 2. The highest BCUT2D eigenvalue weighted by atomic mass is 79.9. The summed E-state index contributed by atoms with van der Waals surface area (Å²) >= 11 is 1.08. The number of aromatic amines is 1. The Bertz CT molecular complexity index is 1320. The SMILES string of the molecule is Br.Br.CCN(CC)CCN(CCNCCc1ccc(O)c2[nH]c(=O)sc12)C(=O)CCOCCc1cccc(C(F)(F)F)c1. The van der Waals surface area contributed by atoms with Gasteiger partial charge in [-0.3, -0.25) is 9.59 Å². The molecule has 0 aliphatic rings. The molecule has 2 aromatic carbocycles. The molecule has 1 heterocycles. The van der Waals surface area contributed by atoms with Crippen molar-refractivity contribution in [1.82, 2.24) is 20.1 Å². The second-order valence-electron chi connectivity index (χ2n) is 9.68. The zero-order chi connectivity index (χ0) is 29.8. The van der Waals surface area contributed by atoms with E-state index in [1.807, 2.05) is 11.0 Å². The monoisotopic (exact) mass is 756 g/mol. The Morgan fingerprint density at radius 1 is 1.02 bits per heavy atom. The molecule has 3 N–H and O–H groups in total. The zero-order valence-corrected chi connectivity index (χ0v) is 28.6. The van der Waals surface area contributed by atoms with Crippen LogP contribution in [0.4, 0.5) is 13.2 Å². The highest BCUT2D eigenvalue weighted by molar-refractivity contribution is 8.93. The van der Waals surface area contributed by atoms with Crippen LogP contribution in [0.2, 0.25) is 0 Å². The van der Waals surface area contributed by atoms with Crippen molar-refractivity contribution in [3.05, 3.63) is 62.8 Å². The Labute approximate surface area is 275 Å². The van der Waals surface area contributed by atoms with Gasteiger partial charge in [0.2, 0.25) is 5.91 Å². The van der Waals surface area contributed by atoms with Crippen LogP contribution in [0.25, 0.3) is 10.2 Å². The zero-order valence-electron chi connectivity index (χ0n) is 24.4. The van der Waals surface area contributed by atoms with Crippen LogP contribution in [0.5, 0.6) is 5.75 Å². The molecule has 14 heteroatoms. The summed E-state index contributed by atoms with van der Waals surface area (Å²) in [6.45, 7) is 9.46. The van der Waals surface area contributed by atoms with Gasteiger partial charge in [0.05, 0.1) is 29.9 Å². The van der Waals surface area contributed by atoms with Gasteiger partial charge in [0.1, 0.15) is 11.3 Å². The molecule has 0 aliphatic carbocycles. The van der Waals surface area contributed by atoms with Gasteiger partial charge in [-0.15, -0.1) is 34.0 Å². The molecule has 8 nitrogen and oxygen atoms in total. The number of nitrogens with zero attached hydrogens (tertiary/aromatic N) is 2. The smallest absolute Gasteiger partial charge is 0.416 e. The second-order valence-corrected chi connectivity index (χ2v) is 10.7. The van der Waals surface area contributed by atoms with Crippen molar-refractivity contribution < 1.29 is 27.8 Å². The van der Waals surface area contributed by atoms with E-state index in [9.17, 15) is 27.9 Å². The summed E-state index contributed by atoms with van der Waals surface area (Å²) in [6, 6.07) is 8.59. The molecular formula is C29H41Br2F3N4O4S. The van der Waals surface area contributed by atoms with Gasteiger partial charge in [0, 0.05) is 26.2 Å². The highest BCUT2D eigenvalue weighted by Gasteiger charge is 2.30. The minimum Gasteiger partial charge on any atom is -0.506 e. The topological polar surface area (TPSA) is 97.9 Å². The van der Waals surface area contributed by atoms with E-state index >= 15 is 0 Å². The first kappa shape index (κ1) is 39.1. The third kappa shape index (κ3) is 12.5. The van der Waals surface area contributed by atoms with E-state index < -0.39 is 11.7 Å². The summed E-state index contributed by atoms with van der Waals surface area (Å²) in [5, 5.41) is 13.3. The third-order valence-electron chi connectivity index (χ3n) is 6.95. The molecule has 0 bridgehead atoms. The summed E-state index contributed by atoms with van der Waals surface area (Å²) in [7, 11) is 0. The van der Waals surface area contributed by atoms with Crippen LogP contribution in [0.3, 0.4) is 0 Å². The number of aromatic nitrogens is 1. The van der Waals surface area contributed by atoms with E-state index in [4.69, 9.17) is 4.74 Å². The number of hydrogen-bond donors (Lipinski definition) is 3. The number of alkyl halides is 3. The fourth-order valence-corrected chi connectivity index (χ4v) is 5.41. The van der Waals surface area contributed by atoms with Gasteiger partial charge in [0.25, 0.3) is 0 Å². The number of nitrogens with one attached hydrogen (secondary N) is 2. The summed E-state index contributed by atoms with van der Waals surface area (Å²) in [5.41, 5.74) is 1.28. The first-order valence-corrected chi connectivity index (χ1v) is 14.7. The van der Waals surface area contributed by atoms with Crippen LogP contribution in [0.15, 0.2) is 41.2 Å². The summed E-state index contributed by atoms with van der Waals surface area (Å²) in [5.74, 6) is 0.0208. The normalized spacial score (nSPS) is 11.4. The fraction of sp³-hybridized carbons (Fsp3) is 0.517. The lowest BCUT2D eigenvalue weighted by molar-refractivity contribution is -0.137. The molecule has 0 radical (unpaired) electrons. The third-order valence-corrected chi connectivity index (χ3v) is 7.91. The number of carbonyl (C=O) groups is 1. The number of H-pyrrole nitrogens is 1. The molecule has 1 aromatic heterocycles. The molecule has 0 saturated carbocycles. The molecule has 242 valence electrons. The van der Waals surface area contributed by atoms with Crippen LogP contribution in [-0.4, -0.2) is 84.8 Å². The number of phenolic OH excluding ortho intramolecular Hbond substituents is 1. The van der Waals surface area contributed by atoms with Crippen molar-refractivity contribution in [2.45, 2.75) is 39.3 Å². The number of aromatic hydroxyl groups is 1. The van der Waals surface area contributed by atoms with Gasteiger partial charge in [-0.2, -0.15) is 13.2 Å². The maximum Gasteiger partial charge on any atom is 0.416 e. The fourth-order valence-electron chi connectivity index (χ4n) is 4.51. The Hall–Kier alpha value is -1.97. The lowest BCUT2D eigenvalue weighted by Crippen LogP contribution is -2.42. The maximum absolute atomic E-state index is 13.0. The van der Waals surface area contributed by atoms with Gasteiger partial charge < -0.3 is 29.9 Å². The average Bonchev–Trinajstić information content (AvgIpc) is 3.35. The summed E-state index contributed by atoms with van der Waals surface area (Å²) in [4.78, 5) is 31.3. The van der Waals surface area contributed by atoms with Crippen molar-refractivity contribution in [3.8, 4) is 5.75 Å². The largest absolute Gasteiger partial charge is 0.506 e. The van der Waals surface area contributed by atoms with Crippen molar-refractivity contribution in [1.29, 1.82) is 0 Å². The number of ether oxygens (including phenoxy) is 1. The van der Waals surface area contributed by atoms with Crippen molar-refractivity contribution in [2.75, 3.05) is 59.0 Å². The standard InChI is InChI=1S/C29H39F3N4O4S.2BrH/c1-3-35(4-2)16-17-36(15-14-33-13-10-22-8-9-24(37)26-27(22)41-28(39)34-26)25(38)12-19-40-18-11-21-6-5-7-23(20-21)29(30,31)32;;/h5-9,20,33,37H,3-4,10-19H2,1-2H3,(H,34,39);2*1H. The number of carbonyl (C=O) groups excluding carboxylic acids is 1. The minimum atomic E-state index is -4.38. The molecule has 0 saturated heterocycles. The molecule has 3 rings (SSSR count). The van der Waals surface area contributed by atoms with E-state index in [2.05, 4.69) is 29.0 Å². The first-order valence-electron chi connectivity index (χ1n) is 13.9. The Morgan fingerprint density at radius 2 is 1.77 bits per heavy atom. The lowest BCUT2D eigenvalue weighted by atomic mass is 10.1. The maximum atomic E-state index is 13.0. The van der Waals surface area contributed by atoms with E-state index in [1.165, 1.54) is 6.07 Å². The number of fused-ring (bicyclic) bond motifs is 1. The Morgan fingerprint density at radius 3 is 2.47 bits per heavy atom. The van der Waals surface area contributed by atoms with Crippen LogP contribution in [0.1, 0.15) is 37.0 Å². The van der Waals surface area contributed by atoms with Crippen LogP contribution in [0, 0.1) is 0 Å². The quantitative estimate of drug-likeness (QED) is 0.159. The second kappa shape index (κ2) is 19.4. The van der Waals surface area contributed by atoms with Crippen molar-refractivity contribution >= 4 is 61.4 Å². The summed E-state index contributed by atoms with van der Waals surface area (Å²) in [6.07, 6.45) is -3.19. The molecule has 0 unspecified atom stereocenters. The Kier molecular flexibility index (Phi) is 17.6. The molecule has 0 fully saturated rings. The van der Waals surface area contributed by atoms with Gasteiger partial charge >= 0.3 is 11.0 Å². The number of amides is 1. The predicted octanol–water partition coefficient (Wildman–Crippen LogP) is 5.42. The number of halogens is 5. The number of likely N-dealkylation sites (N-methyl/N-ethyl adjacent to an activating group) is 1. The highest BCUT2D eigenvalue weighted by Crippen LogP contribution is 2.30. The number of hydrogen-bond acceptors (Lipinski definition) is 7. The number of phenols is 1. The summed E-state index contributed by atoms with van der Waals surface area (Å²) < 4.78 is 45.1. The number of thiazole rings is 1. The van der Waals surface area contributed by atoms with E-state index in [0.29, 0.717) is 50.1 Å². The van der Waals surface area contributed by atoms with Crippen LogP contribution in [-0.2, 0) is 28.5 Å². The molecule has 3 aromatic rings. The van der Waals surface area contributed by atoms with E-state index in [1.54, 1.807) is 12.1 Å². The molecule has 0 atom stereocenters. The lowest BCUT2D eigenvalue weighted by Gasteiger charge is -2.27.